The zero-order chi connectivity index (χ0) is 18.5. The van der Waals surface area contributed by atoms with Crippen molar-refractivity contribution >= 4 is 29.2 Å². The van der Waals surface area contributed by atoms with Crippen LogP contribution in [0.1, 0.15) is 17.5 Å². The van der Waals surface area contributed by atoms with Crippen LogP contribution in [0.2, 0.25) is 5.02 Å². The van der Waals surface area contributed by atoms with Crippen LogP contribution in [0.3, 0.4) is 0 Å². The van der Waals surface area contributed by atoms with Gasteiger partial charge >= 0.3 is 5.97 Å². The highest BCUT2D eigenvalue weighted by molar-refractivity contribution is 6.31. The number of carbonyl (C=O) groups excluding carboxylic acids is 2. The standard InChI is InChI=1S/C20H21ClN2O3/c1-14-16(21)8-5-9-17(14)22-19(24)12-18-20(25)26-11-10-23(18)13-15-6-3-2-4-7-15/h2-9,18H,10-13H2,1H3,(H,22,24)/t18-/m0/s1. The summed E-state index contributed by atoms with van der Waals surface area (Å²) in [4.78, 5) is 26.7. The van der Waals surface area contributed by atoms with Crippen molar-refractivity contribution in [1.29, 1.82) is 0 Å². The second-order valence-corrected chi connectivity index (χ2v) is 6.71. The first-order valence-electron chi connectivity index (χ1n) is 8.54. The molecule has 0 aliphatic carbocycles. The summed E-state index contributed by atoms with van der Waals surface area (Å²) < 4.78 is 5.17. The van der Waals surface area contributed by atoms with E-state index in [0.29, 0.717) is 30.4 Å². The maximum atomic E-state index is 12.5. The Morgan fingerprint density at radius 2 is 2.00 bits per heavy atom. The molecule has 0 saturated carbocycles. The van der Waals surface area contributed by atoms with Crippen molar-refractivity contribution in [3.05, 3.63) is 64.7 Å². The average molecular weight is 373 g/mol. The van der Waals surface area contributed by atoms with E-state index in [1.807, 2.05) is 42.2 Å². The minimum Gasteiger partial charge on any atom is -0.463 e. The monoisotopic (exact) mass is 372 g/mol. The summed E-state index contributed by atoms with van der Waals surface area (Å²) >= 11 is 6.09. The molecule has 6 heteroatoms. The molecule has 0 radical (unpaired) electrons. The molecule has 1 saturated heterocycles. The van der Waals surface area contributed by atoms with Crippen molar-refractivity contribution in [2.45, 2.75) is 25.9 Å². The summed E-state index contributed by atoms with van der Waals surface area (Å²) in [6.07, 6.45) is 0.0393. The van der Waals surface area contributed by atoms with Crippen LogP contribution in [0, 0.1) is 6.92 Å². The number of anilines is 1. The first-order valence-corrected chi connectivity index (χ1v) is 8.92. The van der Waals surface area contributed by atoms with Crippen LogP contribution < -0.4 is 5.32 Å². The van der Waals surface area contributed by atoms with Crippen LogP contribution in [-0.4, -0.2) is 36.0 Å². The number of halogens is 1. The Kier molecular flexibility index (Phi) is 5.91. The number of carbonyl (C=O) groups is 2. The van der Waals surface area contributed by atoms with Gasteiger partial charge in [-0.2, -0.15) is 0 Å². The molecule has 1 heterocycles. The zero-order valence-corrected chi connectivity index (χ0v) is 15.3. The highest BCUT2D eigenvalue weighted by Crippen LogP contribution is 2.24. The summed E-state index contributed by atoms with van der Waals surface area (Å²) in [6, 6.07) is 14.6. The molecule has 1 atom stereocenters. The highest BCUT2D eigenvalue weighted by atomic mass is 35.5. The van der Waals surface area contributed by atoms with Gasteiger partial charge in [-0.05, 0) is 30.2 Å². The van der Waals surface area contributed by atoms with Gasteiger partial charge in [0.25, 0.3) is 0 Å². The summed E-state index contributed by atoms with van der Waals surface area (Å²) in [5.41, 5.74) is 2.55. The van der Waals surface area contributed by atoms with E-state index in [1.54, 1.807) is 18.2 Å². The number of nitrogens with one attached hydrogen (secondary N) is 1. The number of cyclic esters (lactones) is 1. The largest absolute Gasteiger partial charge is 0.463 e. The predicted molar refractivity (Wildman–Crippen MR) is 101 cm³/mol. The molecule has 5 nitrogen and oxygen atoms in total. The Labute approximate surface area is 157 Å². The van der Waals surface area contributed by atoms with Crippen molar-refractivity contribution in [2.75, 3.05) is 18.5 Å². The van der Waals surface area contributed by atoms with Crippen molar-refractivity contribution in [3.8, 4) is 0 Å². The lowest BCUT2D eigenvalue weighted by molar-refractivity contribution is -0.159. The summed E-state index contributed by atoms with van der Waals surface area (Å²) in [5, 5.41) is 3.43. The fraction of sp³-hybridized carbons (Fsp3) is 0.300. The van der Waals surface area contributed by atoms with E-state index in [9.17, 15) is 9.59 Å². The van der Waals surface area contributed by atoms with Crippen molar-refractivity contribution in [1.82, 2.24) is 4.90 Å². The number of hydrogen-bond acceptors (Lipinski definition) is 4. The zero-order valence-electron chi connectivity index (χ0n) is 14.6. The SMILES string of the molecule is Cc1c(Cl)cccc1NC(=O)C[C@H]1C(=O)OCCN1Cc1ccccc1. The quantitative estimate of drug-likeness (QED) is 0.817. The van der Waals surface area contributed by atoms with E-state index in [2.05, 4.69) is 5.32 Å². The molecule has 0 aromatic heterocycles. The molecule has 0 spiro atoms. The van der Waals surface area contributed by atoms with Crippen molar-refractivity contribution in [3.63, 3.8) is 0 Å². The molecule has 2 aromatic rings. The Morgan fingerprint density at radius 1 is 1.23 bits per heavy atom. The van der Waals surface area contributed by atoms with Gasteiger partial charge in [-0.15, -0.1) is 0 Å². The molecule has 0 bridgehead atoms. The third-order valence-electron chi connectivity index (χ3n) is 4.48. The Balaban J connectivity index is 1.69. The smallest absolute Gasteiger partial charge is 0.323 e. The van der Waals surface area contributed by atoms with Gasteiger partial charge in [0.15, 0.2) is 0 Å². The Hall–Kier alpha value is -2.37. The lowest BCUT2D eigenvalue weighted by Gasteiger charge is -2.33. The topological polar surface area (TPSA) is 58.6 Å². The number of hydrogen-bond donors (Lipinski definition) is 1. The van der Waals surface area contributed by atoms with Gasteiger partial charge < -0.3 is 10.1 Å². The molecule has 1 aliphatic heterocycles. The summed E-state index contributed by atoms with van der Waals surface area (Å²) in [7, 11) is 0. The van der Waals surface area contributed by atoms with Gasteiger partial charge in [-0.1, -0.05) is 48.0 Å². The van der Waals surface area contributed by atoms with E-state index >= 15 is 0 Å². The maximum Gasteiger partial charge on any atom is 0.323 e. The van der Waals surface area contributed by atoms with Gasteiger partial charge in [-0.25, -0.2) is 0 Å². The fourth-order valence-corrected chi connectivity index (χ4v) is 3.18. The number of morpholine rings is 1. The van der Waals surface area contributed by atoms with Crippen LogP contribution in [0.25, 0.3) is 0 Å². The van der Waals surface area contributed by atoms with E-state index in [4.69, 9.17) is 16.3 Å². The van der Waals surface area contributed by atoms with E-state index in [1.165, 1.54) is 0 Å². The molecule has 1 aliphatic rings. The number of rotatable bonds is 5. The lowest BCUT2D eigenvalue weighted by atomic mass is 10.1. The molecular formula is C20H21ClN2O3. The van der Waals surface area contributed by atoms with Crippen molar-refractivity contribution < 1.29 is 14.3 Å². The van der Waals surface area contributed by atoms with Gasteiger partial charge in [-0.3, -0.25) is 14.5 Å². The molecule has 0 unspecified atom stereocenters. The first-order chi connectivity index (χ1) is 12.5. The van der Waals surface area contributed by atoms with Crippen LogP contribution in [0.15, 0.2) is 48.5 Å². The Morgan fingerprint density at radius 3 is 2.77 bits per heavy atom. The molecule has 1 fully saturated rings. The predicted octanol–water partition coefficient (Wildman–Crippen LogP) is 3.40. The average Bonchev–Trinajstić information content (AvgIpc) is 2.63. The van der Waals surface area contributed by atoms with E-state index < -0.39 is 6.04 Å². The number of nitrogens with zero attached hydrogens (tertiary/aromatic N) is 1. The van der Waals surface area contributed by atoms with Gasteiger partial charge in [0.2, 0.25) is 5.91 Å². The third kappa shape index (κ3) is 4.42. The molecule has 136 valence electrons. The lowest BCUT2D eigenvalue weighted by Crippen LogP contribution is -2.49. The molecule has 2 aromatic carbocycles. The van der Waals surface area contributed by atoms with Crippen LogP contribution in [0.5, 0.6) is 0 Å². The van der Waals surface area contributed by atoms with Gasteiger partial charge in [0.1, 0.15) is 12.6 Å². The van der Waals surface area contributed by atoms with E-state index in [0.717, 1.165) is 11.1 Å². The third-order valence-corrected chi connectivity index (χ3v) is 4.89. The molecule has 26 heavy (non-hydrogen) atoms. The van der Waals surface area contributed by atoms with Gasteiger partial charge in [0, 0.05) is 23.8 Å². The molecule has 3 rings (SSSR count). The Bertz CT molecular complexity index is 795. The van der Waals surface area contributed by atoms with Crippen LogP contribution >= 0.6 is 11.6 Å². The highest BCUT2D eigenvalue weighted by Gasteiger charge is 2.33. The maximum absolute atomic E-state index is 12.5. The van der Waals surface area contributed by atoms with Crippen molar-refractivity contribution in [2.24, 2.45) is 0 Å². The normalized spacial score (nSPS) is 17.6. The fourth-order valence-electron chi connectivity index (χ4n) is 3.00. The number of ether oxygens (including phenoxy) is 1. The number of esters is 1. The molecule has 1 N–H and O–H groups in total. The summed E-state index contributed by atoms with van der Waals surface area (Å²) in [6.45, 7) is 3.39. The second kappa shape index (κ2) is 8.34. The minimum absolute atomic E-state index is 0.0393. The minimum atomic E-state index is -0.594. The van der Waals surface area contributed by atoms with E-state index in [-0.39, 0.29) is 18.3 Å². The number of amides is 1. The van der Waals surface area contributed by atoms with Gasteiger partial charge in [0.05, 0.1) is 6.42 Å². The number of benzene rings is 2. The summed E-state index contributed by atoms with van der Waals surface area (Å²) in [5.74, 6) is -0.595. The molecule has 1 amide bonds. The first kappa shape index (κ1) is 18.4. The van der Waals surface area contributed by atoms with Crippen LogP contribution in [-0.2, 0) is 20.9 Å². The molecular weight excluding hydrogens is 352 g/mol. The second-order valence-electron chi connectivity index (χ2n) is 6.30. The van der Waals surface area contributed by atoms with Crippen LogP contribution in [0.4, 0.5) is 5.69 Å².